The zero-order valence-corrected chi connectivity index (χ0v) is 18.7. The molecule has 0 bridgehead atoms. The molecule has 0 amide bonds. The molecule has 25 heavy (non-hydrogen) atoms. The predicted molar refractivity (Wildman–Crippen MR) is 116 cm³/mol. The van der Waals surface area contributed by atoms with E-state index in [1.54, 1.807) is 11.3 Å². The third-order valence-electron chi connectivity index (χ3n) is 3.88. The summed E-state index contributed by atoms with van der Waals surface area (Å²) < 4.78 is 5.40. The van der Waals surface area contributed by atoms with Crippen LogP contribution in [0.15, 0.2) is 11.2 Å². The molecular formula is C17H32IN5OS. The van der Waals surface area contributed by atoms with Gasteiger partial charge in [0.25, 0.3) is 0 Å². The summed E-state index contributed by atoms with van der Waals surface area (Å²) in [4.78, 5) is 12.9. The van der Waals surface area contributed by atoms with Crippen molar-refractivity contribution in [2.75, 3.05) is 52.5 Å². The Morgan fingerprint density at radius 2 is 2.16 bits per heavy atom. The molecule has 1 unspecified atom stereocenters. The van der Waals surface area contributed by atoms with Crippen molar-refractivity contribution < 1.29 is 4.74 Å². The zero-order valence-electron chi connectivity index (χ0n) is 15.6. The van der Waals surface area contributed by atoms with Gasteiger partial charge in [-0.1, -0.05) is 6.92 Å². The lowest BCUT2D eigenvalue weighted by atomic mass is 10.1. The van der Waals surface area contributed by atoms with Gasteiger partial charge >= 0.3 is 0 Å². The number of guanidine groups is 1. The molecule has 2 heterocycles. The van der Waals surface area contributed by atoms with Gasteiger partial charge in [0.15, 0.2) is 5.96 Å². The molecule has 0 aliphatic carbocycles. The van der Waals surface area contributed by atoms with Gasteiger partial charge < -0.3 is 15.4 Å². The van der Waals surface area contributed by atoms with Crippen molar-refractivity contribution in [1.82, 2.24) is 20.5 Å². The van der Waals surface area contributed by atoms with E-state index in [4.69, 9.17) is 9.73 Å². The predicted octanol–water partition coefficient (Wildman–Crippen LogP) is 2.14. The van der Waals surface area contributed by atoms with Gasteiger partial charge in [0.2, 0.25) is 0 Å². The van der Waals surface area contributed by atoms with Gasteiger partial charge in [-0.15, -0.1) is 35.3 Å². The summed E-state index contributed by atoms with van der Waals surface area (Å²) in [6.07, 6.45) is 2.87. The molecule has 2 N–H and O–H groups in total. The minimum Gasteiger partial charge on any atom is -0.379 e. The maximum absolute atomic E-state index is 5.40. The van der Waals surface area contributed by atoms with Crippen molar-refractivity contribution in [3.63, 3.8) is 0 Å². The molecule has 1 aliphatic rings. The average Bonchev–Trinajstić information content (AvgIpc) is 2.99. The molecule has 1 atom stereocenters. The first-order valence-electron chi connectivity index (χ1n) is 8.91. The Hall–Kier alpha value is -0.450. The molecule has 1 aromatic heterocycles. The number of thiazole rings is 1. The van der Waals surface area contributed by atoms with Crippen LogP contribution in [0, 0.1) is 12.8 Å². The molecule has 1 aromatic rings. The highest BCUT2D eigenvalue weighted by molar-refractivity contribution is 14.0. The number of morpholine rings is 1. The van der Waals surface area contributed by atoms with Crippen molar-refractivity contribution in [1.29, 1.82) is 0 Å². The van der Waals surface area contributed by atoms with E-state index < -0.39 is 0 Å². The van der Waals surface area contributed by atoms with Crippen LogP contribution in [-0.4, -0.2) is 68.3 Å². The minimum atomic E-state index is 0. The number of hydrogen-bond acceptors (Lipinski definition) is 5. The normalized spacial score (nSPS) is 17.0. The largest absolute Gasteiger partial charge is 0.379 e. The standard InChI is InChI=1S/C17H31N5OS.HI/c1-4-18-17(19-6-5-16-20-12-15(3)24-16)21-11-14(2)13-22-7-9-23-10-8-22;/h12,14H,4-11,13H2,1-3H3,(H2,18,19,21);1H. The molecule has 1 saturated heterocycles. The number of aromatic nitrogens is 1. The van der Waals surface area contributed by atoms with E-state index in [9.17, 15) is 0 Å². The molecule has 6 nitrogen and oxygen atoms in total. The van der Waals surface area contributed by atoms with Gasteiger partial charge in [-0.3, -0.25) is 9.89 Å². The topological polar surface area (TPSA) is 61.8 Å². The van der Waals surface area contributed by atoms with Gasteiger partial charge in [-0.25, -0.2) is 4.98 Å². The summed E-state index contributed by atoms with van der Waals surface area (Å²) >= 11 is 1.76. The summed E-state index contributed by atoms with van der Waals surface area (Å²) in [6, 6.07) is 0. The Morgan fingerprint density at radius 3 is 2.80 bits per heavy atom. The van der Waals surface area contributed by atoms with Crippen LogP contribution in [0.1, 0.15) is 23.7 Å². The van der Waals surface area contributed by atoms with Crippen LogP contribution in [0.5, 0.6) is 0 Å². The van der Waals surface area contributed by atoms with Gasteiger partial charge in [-0.2, -0.15) is 0 Å². The van der Waals surface area contributed by atoms with E-state index in [0.29, 0.717) is 5.92 Å². The van der Waals surface area contributed by atoms with Crippen molar-refractivity contribution in [2.24, 2.45) is 10.9 Å². The number of hydrogen-bond donors (Lipinski definition) is 2. The molecular weight excluding hydrogens is 449 g/mol. The first-order valence-corrected chi connectivity index (χ1v) is 9.72. The fraction of sp³-hybridized carbons (Fsp3) is 0.765. The summed E-state index contributed by atoms with van der Waals surface area (Å²) in [7, 11) is 0. The molecule has 0 spiro atoms. The lowest BCUT2D eigenvalue weighted by Gasteiger charge is -2.28. The average molecular weight is 481 g/mol. The van der Waals surface area contributed by atoms with Gasteiger partial charge in [-0.05, 0) is 19.8 Å². The summed E-state index contributed by atoms with van der Waals surface area (Å²) in [5.41, 5.74) is 0. The lowest BCUT2D eigenvalue weighted by molar-refractivity contribution is 0.0323. The van der Waals surface area contributed by atoms with E-state index in [2.05, 4.69) is 41.3 Å². The maximum atomic E-state index is 5.40. The number of aryl methyl sites for hydroxylation is 1. The van der Waals surface area contributed by atoms with Crippen LogP contribution in [0.4, 0.5) is 0 Å². The Labute approximate surface area is 172 Å². The van der Waals surface area contributed by atoms with E-state index in [-0.39, 0.29) is 24.0 Å². The smallest absolute Gasteiger partial charge is 0.191 e. The van der Waals surface area contributed by atoms with E-state index >= 15 is 0 Å². The van der Waals surface area contributed by atoms with Crippen LogP contribution < -0.4 is 10.6 Å². The van der Waals surface area contributed by atoms with Crippen LogP contribution >= 0.6 is 35.3 Å². The van der Waals surface area contributed by atoms with Crippen LogP contribution in [-0.2, 0) is 11.2 Å². The van der Waals surface area contributed by atoms with E-state index in [0.717, 1.165) is 64.9 Å². The van der Waals surface area contributed by atoms with Crippen molar-refractivity contribution in [3.05, 3.63) is 16.1 Å². The van der Waals surface area contributed by atoms with Crippen LogP contribution in [0.25, 0.3) is 0 Å². The fourth-order valence-electron chi connectivity index (χ4n) is 2.68. The highest BCUT2D eigenvalue weighted by Crippen LogP contribution is 2.10. The Morgan fingerprint density at radius 1 is 1.40 bits per heavy atom. The second-order valence-electron chi connectivity index (χ2n) is 6.28. The van der Waals surface area contributed by atoms with Crippen molar-refractivity contribution in [3.8, 4) is 0 Å². The number of rotatable bonds is 8. The summed E-state index contributed by atoms with van der Waals surface area (Å²) in [6.45, 7) is 13.9. The molecule has 2 rings (SSSR count). The summed E-state index contributed by atoms with van der Waals surface area (Å²) in [5, 5.41) is 7.91. The Kier molecular flexibility index (Phi) is 11.6. The monoisotopic (exact) mass is 481 g/mol. The third-order valence-corrected chi connectivity index (χ3v) is 4.85. The van der Waals surface area contributed by atoms with E-state index in [1.165, 1.54) is 9.88 Å². The molecule has 0 aromatic carbocycles. The number of ether oxygens (including phenoxy) is 1. The van der Waals surface area contributed by atoms with Crippen molar-refractivity contribution in [2.45, 2.75) is 27.2 Å². The van der Waals surface area contributed by atoms with Gasteiger partial charge in [0.1, 0.15) is 0 Å². The summed E-state index contributed by atoms with van der Waals surface area (Å²) in [5.74, 6) is 1.44. The highest BCUT2D eigenvalue weighted by atomic mass is 127. The molecule has 0 saturated carbocycles. The third kappa shape index (κ3) is 9.16. The quantitative estimate of drug-likeness (QED) is 0.339. The van der Waals surface area contributed by atoms with Crippen LogP contribution in [0.3, 0.4) is 0 Å². The molecule has 1 fully saturated rings. The lowest BCUT2D eigenvalue weighted by Crippen LogP contribution is -2.40. The minimum absolute atomic E-state index is 0. The Bertz CT molecular complexity index is 505. The van der Waals surface area contributed by atoms with E-state index in [1.807, 2.05) is 6.20 Å². The van der Waals surface area contributed by atoms with Gasteiger partial charge in [0, 0.05) is 56.8 Å². The highest BCUT2D eigenvalue weighted by Gasteiger charge is 2.13. The number of nitrogens with zero attached hydrogens (tertiary/aromatic N) is 3. The second-order valence-corrected chi connectivity index (χ2v) is 7.60. The Balaban J connectivity index is 0.00000312. The number of nitrogens with one attached hydrogen (secondary N) is 2. The number of aliphatic imine (C=N–C) groups is 1. The van der Waals surface area contributed by atoms with Crippen molar-refractivity contribution >= 4 is 41.3 Å². The number of halogens is 1. The second kappa shape index (κ2) is 12.8. The first-order chi connectivity index (χ1) is 11.7. The molecule has 0 radical (unpaired) electrons. The molecule has 144 valence electrons. The van der Waals surface area contributed by atoms with Gasteiger partial charge in [0.05, 0.1) is 18.2 Å². The SMILES string of the molecule is CCNC(=NCC(C)CN1CCOCC1)NCCc1ncc(C)s1.I. The molecule has 8 heteroatoms. The van der Waals surface area contributed by atoms with Crippen LogP contribution in [0.2, 0.25) is 0 Å². The maximum Gasteiger partial charge on any atom is 0.191 e. The fourth-order valence-corrected chi connectivity index (χ4v) is 3.46. The first kappa shape index (κ1) is 22.6. The zero-order chi connectivity index (χ0) is 17.2. The molecule has 1 aliphatic heterocycles.